The summed E-state index contributed by atoms with van der Waals surface area (Å²) in [5.74, 6) is 0.754. The third-order valence-corrected chi connectivity index (χ3v) is 4.61. The summed E-state index contributed by atoms with van der Waals surface area (Å²) in [4.78, 5) is 13.3. The van der Waals surface area contributed by atoms with Crippen LogP contribution in [0.25, 0.3) is 28.1 Å². The van der Waals surface area contributed by atoms with E-state index in [1.54, 1.807) is 41.4 Å². The van der Waals surface area contributed by atoms with Crippen molar-refractivity contribution in [1.82, 2.24) is 19.5 Å². The molecule has 0 saturated carbocycles. The van der Waals surface area contributed by atoms with Crippen LogP contribution in [0.5, 0.6) is 0 Å². The van der Waals surface area contributed by atoms with Crippen molar-refractivity contribution in [3.63, 3.8) is 0 Å². The molecule has 28 heavy (non-hydrogen) atoms. The summed E-state index contributed by atoms with van der Waals surface area (Å²) in [6, 6.07) is 8.18. The first kappa shape index (κ1) is 18.3. The van der Waals surface area contributed by atoms with Crippen LogP contribution in [0.1, 0.15) is 5.56 Å². The number of rotatable bonds is 5. The summed E-state index contributed by atoms with van der Waals surface area (Å²) in [5, 5.41) is 12.3. The van der Waals surface area contributed by atoms with Crippen LogP contribution in [0.3, 0.4) is 0 Å². The molecule has 0 aliphatic heterocycles. The lowest BCUT2D eigenvalue weighted by Crippen LogP contribution is -2.07. The maximum Gasteiger partial charge on any atom is 0.148 e. The fourth-order valence-electron chi connectivity index (χ4n) is 3.08. The van der Waals surface area contributed by atoms with Crippen LogP contribution in [0.4, 0.5) is 10.2 Å². The Bertz CT molecular complexity index is 1160. The highest BCUT2D eigenvalue weighted by Crippen LogP contribution is 2.32. The lowest BCUT2D eigenvalue weighted by Gasteiger charge is -2.13. The molecule has 0 unspecified atom stereocenters. The zero-order valence-electron chi connectivity index (χ0n) is 15.0. The van der Waals surface area contributed by atoms with Gasteiger partial charge in [0.25, 0.3) is 0 Å². The molecule has 4 rings (SSSR count). The predicted molar refractivity (Wildman–Crippen MR) is 107 cm³/mol. The number of imidazole rings is 1. The number of nitrogens with zero attached hydrogens (tertiary/aromatic N) is 4. The van der Waals surface area contributed by atoms with Crippen LogP contribution in [-0.2, 0) is 0 Å². The summed E-state index contributed by atoms with van der Waals surface area (Å²) in [6.07, 6.45) is 4.99. The highest BCUT2D eigenvalue weighted by molar-refractivity contribution is 6.30. The Morgan fingerprint density at radius 2 is 2.07 bits per heavy atom. The van der Waals surface area contributed by atoms with Crippen molar-refractivity contribution < 1.29 is 9.50 Å². The summed E-state index contributed by atoms with van der Waals surface area (Å²) >= 11 is 5.93. The highest BCUT2D eigenvalue weighted by Gasteiger charge is 2.19. The molecule has 0 spiro atoms. The van der Waals surface area contributed by atoms with E-state index >= 15 is 0 Å². The van der Waals surface area contributed by atoms with E-state index in [4.69, 9.17) is 21.7 Å². The maximum absolute atomic E-state index is 14.7. The molecule has 4 aromatic rings. The minimum Gasteiger partial charge on any atom is -0.395 e. The Balaban J connectivity index is 1.93. The Kier molecular flexibility index (Phi) is 4.93. The summed E-state index contributed by atoms with van der Waals surface area (Å²) in [6.45, 7) is 2.36. The van der Waals surface area contributed by atoms with Gasteiger partial charge in [0.05, 0.1) is 29.5 Å². The normalized spacial score (nSPS) is 11.1. The number of fused-ring (bicyclic) bond motifs is 1. The molecule has 0 amide bonds. The van der Waals surface area contributed by atoms with Crippen LogP contribution < -0.4 is 5.32 Å². The number of aromatic nitrogens is 4. The van der Waals surface area contributed by atoms with Crippen molar-refractivity contribution >= 4 is 28.5 Å². The molecule has 0 bridgehead atoms. The zero-order valence-corrected chi connectivity index (χ0v) is 15.8. The molecule has 3 heterocycles. The first-order valence-electron chi connectivity index (χ1n) is 8.68. The molecular formula is C20H17ClFN5O. The number of pyridine rings is 2. The Hall–Kier alpha value is -3.03. The van der Waals surface area contributed by atoms with E-state index < -0.39 is 5.82 Å². The maximum atomic E-state index is 14.7. The number of hydrogen-bond donors (Lipinski definition) is 2. The number of halogens is 2. The second kappa shape index (κ2) is 7.53. The number of aliphatic hydroxyl groups is 1. The fraction of sp³-hybridized carbons (Fsp3) is 0.150. The van der Waals surface area contributed by atoms with Gasteiger partial charge in [0, 0.05) is 29.5 Å². The number of hydrogen-bond acceptors (Lipinski definition) is 5. The van der Waals surface area contributed by atoms with E-state index in [0.29, 0.717) is 39.9 Å². The number of aryl methyl sites for hydroxylation is 1. The predicted octanol–water partition coefficient (Wildman–Crippen LogP) is 3.99. The zero-order chi connectivity index (χ0) is 19.7. The van der Waals surface area contributed by atoms with Gasteiger partial charge in [0.2, 0.25) is 0 Å². The Morgan fingerprint density at radius 1 is 1.21 bits per heavy atom. The van der Waals surface area contributed by atoms with Crippen LogP contribution in [0, 0.1) is 12.7 Å². The lowest BCUT2D eigenvalue weighted by atomic mass is 10.1. The van der Waals surface area contributed by atoms with Crippen molar-refractivity contribution in [2.24, 2.45) is 0 Å². The molecule has 0 saturated heterocycles. The minimum absolute atomic E-state index is 0.0150. The van der Waals surface area contributed by atoms with Gasteiger partial charge in [-0.15, -0.1) is 0 Å². The molecule has 0 aliphatic rings. The Morgan fingerprint density at radius 3 is 2.82 bits per heavy atom. The van der Waals surface area contributed by atoms with Gasteiger partial charge in [-0.05, 0) is 42.8 Å². The van der Waals surface area contributed by atoms with E-state index in [-0.39, 0.29) is 6.61 Å². The van der Waals surface area contributed by atoms with Crippen molar-refractivity contribution in [2.75, 3.05) is 18.5 Å². The number of aliphatic hydroxyl groups excluding tert-OH is 1. The molecule has 8 heteroatoms. The molecule has 0 radical (unpaired) electrons. The molecule has 6 nitrogen and oxygen atoms in total. The van der Waals surface area contributed by atoms with E-state index in [1.807, 2.05) is 13.0 Å². The average molecular weight is 398 g/mol. The lowest BCUT2D eigenvalue weighted by molar-refractivity contribution is 0.311. The van der Waals surface area contributed by atoms with Gasteiger partial charge in [-0.1, -0.05) is 11.6 Å². The van der Waals surface area contributed by atoms with Crippen molar-refractivity contribution in [1.29, 1.82) is 0 Å². The number of anilines is 1. The molecule has 0 atom stereocenters. The van der Waals surface area contributed by atoms with Gasteiger partial charge in [-0.3, -0.25) is 9.55 Å². The molecule has 0 fully saturated rings. The standard InChI is InChI=1S/C20H17ClFN5O/c1-12-8-19(24-6-7-28)25-10-14(12)20-26-16-4-5-23-11-18(16)27(20)17-3-2-13(21)9-15(17)22/h2-5,8-11,28H,6-7H2,1H3,(H,24,25). The summed E-state index contributed by atoms with van der Waals surface area (Å²) in [7, 11) is 0. The van der Waals surface area contributed by atoms with Crippen molar-refractivity contribution in [3.8, 4) is 17.1 Å². The van der Waals surface area contributed by atoms with Gasteiger partial charge in [-0.25, -0.2) is 14.4 Å². The molecular weight excluding hydrogens is 381 g/mol. The van der Waals surface area contributed by atoms with Gasteiger partial charge < -0.3 is 10.4 Å². The van der Waals surface area contributed by atoms with Gasteiger partial charge in [0.15, 0.2) is 0 Å². The summed E-state index contributed by atoms with van der Waals surface area (Å²) in [5.41, 5.74) is 3.38. The molecule has 2 N–H and O–H groups in total. The average Bonchev–Trinajstić information content (AvgIpc) is 3.05. The van der Waals surface area contributed by atoms with Crippen molar-refractivity contribution in [3.05, 3.63) is 65.3 Å². The van der Waals surface area contributed by atoms with E-state index in [2.05, 4.69) is 15.3 Å². The van der Waals surface area contributed by atoms with E-state index in [0.717, 1.165) is 11.1 Å². The van der Waals surface area contributed by atoms with Crippen molar-refractivity contribution in [2.45, 2.75) is 6.92 Å². The van der Waals surface area contributed by atoms with Gasteiger partial charge in [0.1, 0.15) is 17.5 Å². The van der Waals surface area contributed by atoms with Crippen LogP contribution in [0.2, 0.25) is 5.02 Å². The largest absolute Gasteiger partial charge is 0.395 e. The third kappa shape index (κ3) is 3.30. The molecule has 1 aromatic carbocycles. The SMILES string of the molecule is Cc1cc(NCCO)ncc1-c1nc2ccncc2n1-c1ccc(Cl)cc1F. The third-order valence-electron chi connectivity index (χ3n) is 4.38. The smallest absolute Gasteiger partial charge is 0.148 e. The van der Waals surface area contributed by atoms with Crippen LogP contribution in [0.15, 0.2) is 48.9 Å². The van der Waals surface area contributed by atoms with Gasteiger partial charge in [-0.2, -0.15) is 0 Å². The number of nitrogens with one attached hydrogen (secondary N) is 1. The molecule has 142 valence electrons. The van der Waals surface area contributed by atoms with E-state index in [1.165, 1.54) is 6.07 Å². The first-order valence-corrected chi connectivity index (χ1v) is 9.06. The molecule has 0 aliphatic carbocycles. The van der Waals surface area contributed by atoms with E-state index in [9.17, 15) is 4.39 Å². The fourth-order valence-corrected chi connectivity index (χ4v) is 3.24. The number of benzene rings is 1. The second-order valence-corrected chi connectivity index (χ2v) is 6.70. The first-order chi connectivity index (χ1) is 13.6. The topological polar surface area (TPSA) is 75.9 Å². The quantitative estimate of drug-likeness (QED) is 0.532. The Labute approximate surface area is 165 Å². The minimum atomic E-state index is -0.455. The van der Waals surface area contributed by atoms with Gasteiger partial charge >= 0.3 is 0 Å². The summed E-state index contributed by atoms with van der Waals surface area (Å²) < 4.78 is 16.5. The van der Waals surface area contributed by atoms with Crippen LogP contribution in [-0.4, -0.2) is 37.8 Å². The van der Waals surface area contributed by atoms with Crippen LogP contribution >= 0.6 is 11.6 Å². The monoisotopic (exact) mass is 397 g/mol. The highest BCUT2D eigenvalue weighted by atomic mass is 35.5. The molecule has 3 aromatic heterocycles. The second-order valence-electron chi connectivity index (χ2n) is 6.27.